The van der Waals surface area contributed by atoms with Crippen molar-refractivity contribution in [3.8, 4) is 11.8 Å². The molecule has 28 heavy (non-hydrogen) atoms. The van der Waals surface area contributed by atoms with Gasteiger partial charge in [0.15, 0.2) is 11.7 Å². The molecule has 0 aliphatic carbocycles. The number of nitrogens with one attached hydrogen (secondary N) is 2. The average Bonchev–Trinajstić information content (AvgIpc) is 3.12. The molecule has 2 N–H and O–H groups in total. The van der Waals surface area contributed by atoms with Crippen molar-refractivity contribution in [1.82, 2.24) is 10.4 Å². The second-order valence-corrected chi connectivity index (χ2v) is 7.03. The largest absolute Gasteiger partial charge is 0.479 e. The van der Waals surface area contributed by atoms with Crippen molar-refractivity contribution in [1.29, 1.82) is 5.26 Å². The van der Waals surface area contributed by atoms with Crippen molar-refractivity contribution >= 4 is 38.3 Å². The Morgan fingerprint density at radius 3 is 2.75 bits per heavy atom. The lowest BCUT2D eigenvalue weighted by molar-refractivity contribution is -0.121. The number of benzene rings is 2. The van der Waals surface area contributed by atoms with Crippen LogP contribution in [0.2, 0.25) is 0 Å². The monoisotopic (exact) mass is 393 g/mol. The molecule has 0 unspecified atom stereocenters. The Hall–Kier alpha value is -3.44. The molecule has 0 saturated heterocycles. The Morgan fingerprint density at radius 2 is 2.04 bits per heavy atom. The number of anilines is 1. The molecule has 3 aromatic rings. The van der Waals surface area contributed by atoms with Crippen LogP contribution < -0.4 is 15.5 Å². The van der Waals surface area contributed by atoms with Gasteiger partial charge in [-0.05, 0) is 55.8 Å². The highest BCUT2D eigenvalue weighted by molar-refractivity contribution is 7.22. The lowest BCUT2D eigenvalue weighted by atomic mass is 10.1. The Morgan fingerprint density at radius 1 is 1.29 bits per heavy atom. The van der Waals surface area contributed by atoms with Crippen molar-refractivity contribution in [2.75, 3.05) is 11.9 Å². The molecule has 1 aromatic heterocycles. The molecule has 0 radical (unpaired) electrons. The summed E-state index contributed by atoms with van der Waals surface area (Å²) in [4.78, 5) is 16.8. The molecule has 0 aliphatic heterocycles. The van der Waals surface area contributed by atoms with Crippen LogP contribution in [0.1, 0.15) is 19.4 Å². The molecular weight excluding hydrogens is 374 g/mol. The standard InChI is InChI=1S/C20H19N5O2S/c1-13(15-7-9-16(10-8-15)27-12-11-21)24-25-19(26)14(2)22-20-23-17-5-3-4-6-18(17)28-20/h3-10,14H,12H2,1-2H3,(H,22,23)(H,25,26)/b24-13-/t14-/m1/s1. The summed E-state index contributed by atoms with van der Waals surface area (Å²) in [6.07, 6.45) is 0. The number of hydrazone groups is 1. The van der Waals surface area contributed by atoms with Crippen LogP contribution in [0, 0.1) is 11.3 Å². The SMILES string of the molecule is C/C(=N/NC(=O)[C@@H](C)Nc1nc2ccccc2s1)c1ccc(OCC#N)cc1. The Labute approximate surface area is 166 Å². The Bertz CT molecular complexity index is 1000. The molecule has 142 valence electrons. The number of nitriles is 1. The predicted molar refractivity (Wildman–Crippen MR) is 111 cm³/mol. The minimum atomic E-state index is -0.487. The van der Waals surface area contributed by atoms with Crippen molar-refractivity contribution in [2.45, 2.75) is 19.9 Å². The Balaban J connectivity index is 1.57. The van der Waals surface area contributed by atoms with Gasteiger partial charge in [-0.15, -0.1) is 0 Å². The number of rotatable bonds is 7. The molecular formula is C20H19N5O2S. The summed E-state index contributed by atoms with van der Waals surface area (Å²) in [5.41, 5.74) is 4.98. The number of fused-ring (bicyclic) bond motifs is 1. The quantitative estimate of drug-likeness (QED) is 0.472. The van der Waals surface area contributed by atoms with Gasteiger partial charge in [-0.25, -0.2) is 10.4 Å². The maximum Gasteiger partial charge on any atom is 0.262 e. The molecule has 1 amide bonds. The zero-order valence-electron chi connectivity index (χ0n) is 15.5. The van der Waals surface area contributed by atoms with Gasteiger partial charge in [0.05, 0.1) is 15.9 Å². The maximum atomic E-state index is 12.3. The second kappa shape index (κ2) is 8.97. The first-order chi connectivity index (χ1) is 13.6. The minimum Gasteiger partial charge on any atom is -0.479 e. The van der Waals surface area contributed by atoms with E-state index in [0.717, 1.165) is 15.8 Å². The number of hydrogen-bond acceptors (Lipinski definition) is 7. The summed E-state index contributed by atoms with van der Waals surface area (Å²) in [5.74, 6) is 0.350. The second-order valence-electron chi connectivity index (χ2n) is 6.00. The van der Waals surface area contributed by atoms with Crippen LogP contribution in [-0.2, 0) is 4.79 Å². The van der Waals surface area contributed by atoms with Crippen LogP contribution in [0.25, 0.3) is 10.2 Å². The van der Waals surface area contributed by atoms with Gasteiger partial charge in [0, 0.05) is 0 Å². The first kappa shape index (κ1) is 19.3. The number of carbonyl (C=O) groups is 1. The van der Waals surface area contributed by atoms with E-state index in [4.69, 9.17) is 10.00 Å². The third-order valence-corrected chi connectivity index (χ3v) is 4.90. The van der Waals surface area contributed by atoms with Gasteiger partial charge in [-0.2, -0.15) is 10.4 Å². The summed E-state index contributed by atoms with van der Waals surface area (Å²) in [6, 6.07) is 16.4. The summed E-state index contributed by atoms with van der Waals surface area (Å²) in [5, 5.41) is 16.5. The summed E-state index contributed by atoms with van der Waals surface area (Å²) >= 11 is 1.50. The van der Waals surface area contributed by atoms with Crippen LogP contribution >= 0.6 is 11.3 Å². The lowest BCUT2D eigenvalue weighted by Crippen LogP contribution is -2.35. The van der Waals surface area contributed by atoms with Gasteiger partial charge in [-0.1, -0.05) is 23.5 Å². The van der Waals surface area contributed by atoms with E-state index in [0.29, 0.717) is 16.6 Å². The number of nitrogens with zero attached hydrogens (tertiary/aromatic N) is 3. The highest BCUT2D eigenvalue weighted by atomic mass is 32.1. The van der Waals surface area contributed by atoms with E-state index in [9.17, 15) is 4.79 Å². The Kier molecular flexibility index (Phi) is 6.19. The third-order valence-electron chi connectivity index (χ3n) is 3.94. The fourth-order valence-electron chi connectivity index (χ4n) is 2.39. The highest BCUT2D eigenvalue weighted by Crippen LogP contribution is 2.25. The number of aromatic nitrogens is 1. The molecule has 7 nitrogen and oxygen atoms in total. The molecule has 2 aromatic carbocycles. The first-order valence-corrected chi connectivity index (χ1v) is 9.45. The third kappa shape index (κ3) is 4.84. The zero-order chi connectivity index (χ0) is 19.9. The van der Waals surface area contributed by atoms with Crippen molar-refractivity contribution in [2.24, 2.45) is 5.10 Å². The molecule has 0 saturated carbocycles. The van der Waals surface area contributed by atoms with Crippen molar-refractivity contribution in [3.63, 3.8) is 0 Å². The highest BCUT2D eigenvalue weighted by Gasteiger charge is 2.14. The fourth-order valence-corrected chi connectivity index (χ4v) is 3.35. The van der Waals surface area contributed by atoms with Gasteiger partial charge in [0.2, 0.25) is 0 Å². The molecule has 1 heterocycles. The number of para-hydroxylation sites is 1. The van der Waals surface area contributed by atoms with E-state index < -0.39 is 6.04 Å². The topological polar surface area (TPSA) is 99.4 Å². The molecule has 0 bridgehead atoms. The van der Waals surface area contributed by atoms with Crippen molar-refractivity contribution in [3.05, 3.63) is 54.1 Å². The van der Waals surface area contributed by atoms with Crippen molar-refractivity contribution < 1.29 is 9.53 Å². The molecule has 0 spiro atoms. The van der Waals surface area contributed by atoms with Crippen LogP contribution in [-0.4, -0.2) is 29.3 Å². The average molecular weight is 393 g/mol. The van der Waals surface area contributed by atoms with Gasteiger partial charge >= 0.3 is 0 Å². The number of amides is 1. The molecule has 1 atom stereocenters. The zero-order valence-corrected chi connectivity index (χ0v) is 16.3. The lowest BCUT2D eigenvalue weighted by Gasteiger charge is -2.11. The summed E-state index contributed by atoms with van der Waals surface area (Å²) in [6.45, 7) is 3.56. The predicted octanol–water partition coefficient (Wildman–Crippen LogP) is 3.54. The molecule has 0 aliphatic rings. The van der Waals surface area contributed by atoms with Gasteiger partial charge in [0.25, 0.3) is 5.91 Å². The fraction of sp³-hybridized carbons (Fsp3) is 0.200. The van der Waals surface area contributed by atoms with Crippen LogP contribution in [0.4, 0.5) is 5.13 Å². The van der Waals surface area contributed by atoms with Crippen LogP contribution in [0.5, 0.6) is 5.75 Å². The van der Waals surface area contributed by atoms with Crippen LogP contribution in [0.3, 0.4) is 0 Å². The van der Waals surface area contributed by atoms with Gasteiger partial charge in [-0.3, -0.25) is 4.79 Å². The van der Waals surface area contributed by atoms with E-state index in [-0.39, 0.29) is 12.5 Å². The van der Waals surface area contributed by atoms with E-state index >= 15 is 0 Å². The number of hydrogen-bond donors (Lipinski definition) is 2. The van der Waals surface area contributed by atoms with Crippen LogP contribution in [0.15, 0.2) is 53.6 Å². The number of ether oxygens (including phenoxy) is 1. The molecule has 0 fully saturated rings. The summed E-state index contributed by atoms with van der Waals surface area (Å²) in [7, 11) is 0. The van der Waals surface area contributed by atoms with E-state index in [2.05, 4.69) is 20.8 Å². The van der Waals surface area contributed by atoms with Gasteiger partial charge in [0.1, 0.15) is 17.9 Å². The molecule has 3 rings (SSSR count). The van der Waals surface area contributed by atoms with E-state index in [1.54, 1.807) is 26.0 Å². The van der Waals surface area contributed by atoms with Gasteiger partial charge < -0.3 is 10.1 Å². The summed E-state index contributed by atoms with van der Waals surface area (Å²) < 4.78 is 6.28. The minimum absolute atomic E-state index is 0.00201. The van der Waals surface area contributed by atoms with E-state index in [1.807, 2.05) is 42.5 Å². The number of thiazole rings is 1. The number of carbonyl (C=O) groups excluding carboxylic acids is 1. The maximum absolute atomic E-state index is 12.3. The first-order valence-electron chi connectivity index (χ1n) is 8.63. The molecule has 8 heteroatoms. The van der Waals surface area contributed by atoms with E-state index in [1.165, 1.54) is 11.3 Å². The normalized spacial score (nSPS) is 12.2. The smallest absolute Gasteiger partial charge is 0.262 e.